The molecule has 6 nitrogen and oxygen atoms in total. The Labute approximate surface area is 191 Å². The van der Waals surface area contributed by atoms with Crippen molar-refractivity contribution in [3.05, 3.63) is 65.7 Å². The van der Waals surface area contributed by atoms with Gasteiger partial charge in [0.25, 0.3) is 0 Å². The second kappa shape index (κ2) is 13.0. The van der Waals surface area contributed by atoms with Crippen molar-refractivity contribution in [2.45, 2.75) is 57.6 Å². The zero-order valence-corrected chi connectivity index (χ0v) is 18.8. The van der Waals surface area contributed by atoms with Gasteiger partial charge in [0.1, 0.15) is 12.4 Å². The van der Waals surface area contributed by atoms with Crippen LogP contribution in [0.15, 0.2) is 54.6 Å². The third kappa shape index (κ3) is 7.46. The molecule has 2 aromatic carbocycles. The van der Waals surface area contributed by atoms with Gasteiger partial charge in [0.2, 0.25) is 11.8 Å². The fraction of sp³-hybridized carbons (Fsp3) is 0.462. The Kier molecular flexibility index (Phi) is 9.72. The maximum absolute atomic E-state index is 13.1. The fourth-order valence-electron chi connectivity index (χ4n) is 3.91. The molecule has 0 aliphatic carbocycles. The first-order chi connectivity index (χ1) is 15.7. The normalized spacial score (nSPS) is 15.8. The average molecular weight is 438 g/mol. The number of hydrogen-bond donors (Lipinski definition) is 2. The molecule has 32 heavy (non-hydrogen) atoms. The van der Waals surface area contributed by atoms with Crippen molar-refractivity contribution < 1.29 is 14.3 Å². The van der Waals surface area contributed by atoms with Crippen LogP contribution in [0.3, 0.4) is 0 Å². The highest BCUT2D eigenvalue weighted by molar-refractivity contribution is 5.98. The predicted octanol–water partition coefficient (Wildman–Crippen LogP) is 3.43. The van der Waals surface area contributed by atoms with Crippen LogP contribution in [0.4, 0.5) is 0 Å². The minimum absolute atomic E-state index is 0.0923. The summed E-state index contributed by atoms with van der Waals surface area (Å²) >= 11 is 0. The third-order valence-corrected chi connectivity index (χ3v) is 5.79. The van der Waals surface area contributed by atoms with Crippen LogP contribution in [-0.4, -0.2) is 42.4 Å². The summed E-state index contributed by atoms with van der Waals surface area (Å²) < 4.78 is 5.83. The number of carbonyl (C=O) groups excluding carboxylic acids is 2. The van der Waals surface area contributed by atoms with Crippen LogP contribution in [0.25, 0.3) is 0 Å². The molecule has 1 fully saturated rings. The van der Waals surface area contributed by atoms with E-state index < -0.39 is 0 Å². The van der Waals surface area contributed by atoms with E-state index >= 15 is 0 Å². The number of nitrogens with zero attached hydrogens (tertiary/aromatic N) is 1. The van der Waals surface area contributed by atoms with E-state index in [1.165, 1.54) is 4.90 Å². The van der Waals surface area contributed by atoms with Gasteiger partial charge in [-0.3, -0.25) is 14.5 Å². The van der Waals surface area contributed by atoms with Crippen LogP contribution in [0, 0.1) is 0 Å². The number of ether oxygens (including phenoxy) is 1. The fourth-order valence-corrected chi connectivity index (χ4v) is 3.91. The van der Waals surface area contributed by atoms with Crippen LogP contribution in [-0.2, 0) is 22.6 Å². The van der Waals surface area contributed by atoms with Gasteiger partial charge in [-0.1, -0.05) is 55.3 Å². The molecule has 2 amide bonds. The molecule has 0 radical (unpaired) electrons. The Balaban J connectivity index is 1.57. The molecule has 1 heterocycles. The van der Waals surface area contributed by atoms with Crippen molar-refractivity contribution in [1.82, 2.24) is 10.2 Å². The summed E-state index contributed by atoms with van der Waals surface area (Å²) in [6.07, 6.45) is 5.69. The lowest BCUT2D eigenvalue weighted by atomic mass is 10.0. The van der Waals surface area contributed by atoms with Crippen molar-refractivity contribution >= 4 is 11.8 Å². The predicted molar refractivity (Wildman–Crippen MR) is 126 cm³/mol. The van der Waals surface area contributed by atoms with E-state index in [1.54, 1.807) is 0 Å². The first-order valence-corrected chi connectivity index (χ1v) is 11.7. The van der Waals surface area contributed by atoms with E-state index in [0.29, 0.717) is 19.7 Å². The molecule has 1 aliphatic heterocycles. The number of hydrogen-bond acceptors (Lipinski definition) is 5. The smallest absolute Gasteiger partial charge is 0.246 e. The summed E-state index contributed by atoms with van der Waals surface area (Å²) in [4.78, 5) is 27.6. The summed E-state index contributed by atoms with van der Waals surface area (Å²) in [5.41, 5.74) is 7.56. The molecule has 172 valence electrons. The van der Waals surface area contributed by atoms with Crippen molar-refractivity contribution in [2.75, 3.05) is 19.6 Å². The zero-order valence-electron chi connectivity index (χ0n) is 18.8. The monoisotopic (exact) mass is 437 g/mol. The van der Waals surface area contributed by atoms with Gasteiger partial charge in [0.05, 0.1) is 12.5 Å². The molecule has 0 spiro atoms. The van der Waals surface area contributed by atoms with Gasteiger partial charge in [-0.15, -0.1) is 0 Å². The molecule has 0 bridgehead atoms. The summed E-state index contributed by atoms with van der Waals surface area (Å²) in [6, 6.07) is 17.3. The van der Waals surface area contributed by atoms with Gasteiger partial charge in [0, 0.05) is 6.54 Å². The number of benzene rings is 2. The van der Waals surface area contributed by atoms with Crippen molar-refractivity contribution in [3.8, 4) is 5.75 Å². The highest BCUT2D eigenvalue weighted by Crippen LogP contribution is 2.17. The Morgan fingerprint density at radius 3 is 2.44 bits per heavy atom. The second-order valence-electron chi connectivity index (χ2n) is 8.33. The van der Waals surface area contributed by atoms with Gasteiger partial charge in [-0.05, 0) is 62.0 Å². The largest absolute Gasteiger partial charge is 0.489 e. The minimum Gasteiger partial charge on any atom is -0.489 e. The van der Waals surface area contributed by atoms with Crippen LogP contribution in [0.1, 0.15) is 49.7 Å². The zero-order chi connectivity index (χ0) is 22.6. The van der Waals surface area contributed by atoms with Crippen LogP contribution in [0.5, 0.6) is 5.75 Å². The Morgan fingerprint density at radius 2 is 1.75 bits per heavy atom. The number of rotatable bonds is 11. The molecule has 3 N–H and O–H groups in total. The van der Waals surface area contributed by atoms with Gasteiger partial charge < -0.3 is 15.8 Å². The molecule has 0 aromatic heterocycles. The average Bonchev–Trinajstić information content (AvgIpc) is 2.84. The molecule has 1 saturated heterocycles. The minimum atomic E-state index is -0.254. The lowest BCUT2D eigenvalue weighted by Crippen LogP contribution is -2.51. The van der Waals surface area contributed by atoms with E-state index in [-0.39, 0.29) is 24.3 Å². The van der Waals surface area contributed by atoms with E-state index in [1.807, 2.05) is 54.6 Å². The van der Waals surface area contributed by atoms with E-state index in [9.17, 15) is 9.59 Å². The molecule has 1 aliphatic rings. The Bertz CT molecular complexity index is 833. The maximum atomic E-state index is 13.1. The molecule has 1 atom stereocenters. The summed E-state index contributed by atoms with van der Waals surface area (Å²) in [6.45, 7) is 2.41. The maximum Gasteiger partial charge on any atom is 0.246 e. The van der Waals surface area contributed by atoms with Gasteiger partial charge in [0.15, 0.2) is 0 Å². The lowest BCUT2D eigenvalue weighted by Gasteiger charge is -2.29. The Morgan fingerprint density at radius 1 is 0.969 bits per heavy atom. The van der Waals surface area contributed by atoms with Gasteiger partial charge >= 0.3 is 0 Å². The first-order valence-electron chi connectivity index (χ1n) is 11.7. The highest BCUT2D eigenvalue weighted by Gasteiger charge is 2.29. The Hall–Kier alpha value is -2.70. The molecular formula is C26H35N3O3. The standard InChI is InChI=1S/C26H35N3O3/c27-16-6-2-8-18-29(26(31)24-11-5-7-17-28-24)25(30)19-21-12-14-23(15-13-21)32-20-22-9-3-1-4-10-22/h1,3-4,9-10,12-15,24,28H,2,5-8,11,16-20,27H2. The molecule has 3 rings (SSSR count). The van der Waals surface area contributed by atoms with Gasteiger partial charge in [-0.25, -0.2) is 0 Å². The van der Waals surface area contributed by atoms with E-state index in [2.05, 4.69) is 5.32 Å². The summed E-state index contributed by atoms with van der Waals surface area (Å²) in [5.74, 6) is 0.518. The second-order valence-corrected chi connectivity index (χ2v) is 8.33. The number of carbonyl (C=O) groups is 2. The lowest BCUT2D eigenvalue weighted by molar-refractivity contribution is -0.146. The van der Waals surface area contributed by atoms with Crippen LogP contribution < -0.4 is 15.8 Å². The van der Waals surface area contributed by atoms with Crippen molar-refractivity contribution in [2.24, 2.45) is 5.73 Å². The van der Waals surface area contributed by atoms with Crippen molar-refractivity contribution in [1.29, 1.82) is 0 Å². The molecule has 1 unspecified atom stereocenters. The topological polar surface area (TPSA) is 84.7 Å². The quantitative estimate of drug-likeness (QED) is 0.526. The molecule has 6 heteroatoms. The number of piperidine rings is 1. The number of nitrogens with two attached hydrogens (primary N) is 1. The highest BCUT2D eigenvalue weighted by atomic mass is 16.5. The first kappa shape index (κ1) is 24.0. The van der Waals surface area contributed by atoms with Crippen molar-refractivity contribution in [3.63, 3.8) is 0 Å². The summed E-state index contributed by atoms with van der Waals surface area (Å²) in [5, 5.41) is 3.27. The summed E-state index contributed by atoms with van der Waals surface area (Å²) in [7, 11) is 0. The molecular weight excluding hydrogens is 402 g/mol. The third-order valence-electron chi connectivity index (χ3n) is 5.79. The van der Waals surface area contributed by atoms with E-state index in [0.717, 1.165) is 61.9 Å². The molecule has 2 aromatic rings. The van der Waals surface area contributed by atoms with Crippen LogP contribution >= 0.6 is 0 Å². The van der Waals surface area contributed by atoms with Crippen LogP contribution in [0.2, 0.25) is 0 Å². The number of imide groups is 1. The SMILES string of the molecule is NCCCCCN(C(=O)Cc1ccc(OCc2ccccc2)cc1)C(=O)C1CCCCN1. The van der Waals surface area contributed by atoms with E-state index in [4.69, 9.17) is 10.5 Å². The van der Waals surface area contributed by atoms with Gasteiger partial charge in [-0.2, -0.15) is 0 Å². The molecule has 0 saturated carbocycles. The number of amides is 2. The number of unbranched alkanes of at least 4 members (excludes halogenated alkanes) is 2. The number of nitrogens with one attached hydrogen (secondary N) is 1.